The molecule has 2 rings (SSSR count). The molecule has 0 radical (unpaired) electrons. The van der Waals surface area contributed by atoms with Crippen molar-refractivity contribution in [1.29, 1.82) is 0 Å². The van der Waals surface area contributed by atoms with Gasteiger partial charge < -0.3 is 14.9 Å². The summed E-state index contributed by atoms with van der Waals surface area (Å²) in [6.07, 6.45) is 2.12. The standard InChI is InChI=1S/C19H26N2O4/c1-3-14(2)21(13-17(22)23)19(25)16-10-7-11-20(12-16)18(24)15-8-5-4-6-9-15/h4-6,8-9,14,16H,3,7,10-13H2,1-2H3,(H,22,23). The van der Waals surface area contributed by atoms with Crippen molar-refractivity contribution in [2.45, 2.75) is 39.2 Å². The van der Waals surface area contributed by atoms with Crippen LogP contribution < -0.4 is 0 Å². The van der Waals surface area contributed by atoms with Crippen molar-refractivity contribution >= 4 is 17.8 Å². The van der Waals surface area contributed by atoms with Gasteiger partial charge in [-0.15, -0.1) is 0 Å². The number of amides is 2. The number of carboxylic acids is 1. The first-order valence-corrected chi connectivity index (χ1v) is 8.80. The molecule has 0 aromatic heterocycles. The molecular formula is C19H26N2O4. The van der Waals surface area contributed by atoms with Crippen LogP contribution in [-0.2, 0) is 9.59 Å². The number of piperidine rings is 1. The molecule has 2 amide bonds. The maximum absolute atomic E-state index is 12.9. The number of hydrogen-bond acceptors (Lipinski definition) is 3. The van der Waals surface area contributed by atoms with E-state index >= 15 is 0 Å². The van der Waals surface area contributed by atoms with Crippen LogP contribution in [0.1, 0.15) is 43.5 Å². The van der Waals surface area contributed by atoms with Gasteiger partial charge in [-0.3, -0.25) is 14.4 Å². The molecule has 0 saturated carbocycles. The van der Waals surface area contributed by atoms with Gasteiger partial charge in [0.2, 0.25) is 5.91 Å². The molecule has 2 unspecified atom stereocenters. The number of aliphatic carboxylic acids is 1. The van der Waals surface area contributed by atoms with Gasteiger partial charge in [-0.05, 0) is 38.3 Å². The van der Waals surface area contributed by atoms with Crippen molar-refractivity contribution in [2.75, 3.05) is 19.6 Å². The molecule has 1 saturated heterocycles. The number of hydrogen-bond donors (Lipinski definition) is 1. The minimum atomic E-state index is -1.01. The number of carboxylic acid groups (broad SMARTS) is 1. The van der Waals surface area contributed by atoms with E-state index < -0.39 is 5.97 Å². The molecule has 2 atom stereocenters. The molecule has 1 fully saturated rings. The second-order valence-corrected chi connectivity index (χ2v) is 6.57. The molecule has 0 spiro atoms. The fourth-order valence-corrected chi connectivity index (χ4v) is 3.18. The SMILES string of the molecule is CCC(C)N(CC(=O)O)C(=O)C1CCCN(C(=O)c2ccccc2)C1. The molecule has 1 heterocycles. The van der Waals surface area contributed by atoms with Crippen LogP contribution in [0, 0.1) is 5.92 Å². The molecule has 25 heavy (non-hydrogen) atoms. The van der Waals surface area contributed by atoms with Gasteiger partial charge in [0.05, 0.1) is 5.92 Å². The molecular weight excluding hydrogens is 320 g/mol. The van der Waals surface area contributed by atoms with E-state index in [-0.39, 0.29) is 30.3 Å². The highest BCUT2D eigenvalue weighted by molar-refractivity contribution is 5.94. The van der Waals surface area contributed by atoms with Gasteiger partial charge in [0.15, 0.2) is 0 Å². The van der Waals surface area contributed by atoms with E-state index in [9.17, 15) is 14.4 Å². The Labute approximate surface area is 148 Å². The third kappa shape index (κ3) is 4.81. The van der Waals surface area contributed by atoms with Crippen molar-refractivity contribution in [3.05, 3.63) is 35.9 Å². The fourth-order valence-electron chi connectivity index (χ4n) is 3.18. The second-order valence-electron chi connectivity index (χ2n) is 6.57. The molecule has 0 aliphatic carbocycles. The van der Waals surface area contributed by atoms with Crippen LogP contribution in [0.5, 0.6) is 0 Å². The Morgan fingerprint density at radius 1 is 1.28 bits per heavy atom. The van der Waals surface area contributed by atoms with Crippen molar-refractivity contribution < 1.29 is 19.5 Å². The summed E-state index contributed by atoms with van der Waals surface area (Å²) in [6, 6.07) is 8.89. The van der Waals surface area contributed by atoms with Gasteiger partial charge >= 0.3 is 5.97 Å². The zero-order valence-corrected chi connectivity index (χ0v) is 14.9. The van der Waals surface area contributed by atoms with E-state index in [4.69, 9.17) is 5.11 Å². The summed E-state index contributed by atoms with van der Waals surface area (Å²) in [7, 11) is 0. The first kappa shape index (κ1) is 19.0. The predicted molar refractivity (Wildman–Crippen MR) is 94.2 cm³/mol. The molecule has 6 heteroatoms. The lowest BCUT2D eigenvalue weighted by molar-refractivity contribution is -0.149. The molecule has 1 N–H and O–H groups in total. The third-order valence-corrected chi connectivity index (χ3v) is 4.79. The van der Waals surface area contributed by atoms with E-state index in [0.29, 0.717) is 31.5 Å². The summed E-state index contributed by atoms with van der Waals surface area (Å²) < 4.78 is 0. The Kier molecular flexibility index (Phi) is 6.56. The largest absolute Gasteiger partial charge is 0.480 e. The minimum Gasteiger partial charge on any atom is -0.480 e. The van der Waals surface area contributed by atoms with Gasteiger partial charge in [-0.25, -0.2) is 0 Å². The Balaban J connectivity index is 2.09. The molecule has 0 bridgehead atoms. The molecule has 1 aromatic rings. The number of carbonyl (C=O) groups is 3. The average molecular weight is 346 g/mol. The smallest absolute Gasteiger partial charge is 0.323 e. The molecule has 1 aromatic carbocycles. The van der Waals surface area contributed by atoms with Crippen LogP contribution in [0.15, 0.2) is 30.3 Å². The minimum absolute atomic E-state index is 0.0774. The second kappa shape index (κ2) is 8.65. The number of nitrogens with zero attached hydrogens (tertiary/aromatic N) is 2. The van der Waals surface area contributed by atoms with E-state index in [1.807, 2.05) is 32.0 Å². The number of carbonyl (C=O) groups excluding carboxylic acids is 2. The van der Waals surface area contributed by atoms with Crippen LogP contribution in [0.25, 0.3) is 0 Å². The average Bonchev–Trinajstić information content (AvgIpc) is 2.65. The van der Waals surface area contributed by atoms with E-state index in [0.717, 1.165) is 6.42 Å². The highest BCUT2D eigenvalue weighted by atomic mass is 16.4. The highest BCUT2D eigenvalue weighted by Gasteiger charge is 2.33. The molecule has 6 nitrogen and oxygen atoms in total. The van der Waals surface area contributed by atoms with Gasteiger partial charge in [0, 0.05) is 24.7 Å². The van der Waals surface area contributed by atoms with Crippen LogP contribution in [-0.4, -0.2) is 58.4 Å². The summed E-state index contributed by atoms with van der Waals surface area (Å²) in [4.78, 5) is 39.7. The van der Waals surface area contributed by atoms with Crippen molar-refractivity contribution in [2.24, 2.45) is 5.92 Å². The Bertz CT molecular complexity index is 617. The molecule has 1 aliphatic rings. The lowest BCUT2D eigenvalue weighted by Gasteiger charge is -2.36. The van der Waals surface area contributed by atoms with Gasteiger partial charge in [-0.2, -0.15) is 0 Å². The van der Waals surface area contributed by atoms with Crippen LogP contribution in [0.2, 0.25) is 0 Å². The first-order valence-electron chi connectivity index (χ1n) is 8.80. The van der Waals surface area contributed by atoms with Gasteiger partial charge in [0.25, 0.3) is 5.91 Å². The lowest BCUT2D eigenvalue weighted by atomic mass is 9.95. The van der Waals surface area contributed by atoms with Crippen molar-refractivity contribution in [3.63, 3.8) is 0 Å². The van der Waals surface area contributed by atoms with E-state index in [1.54, 1.807) is 17.0 Å². The van der Waals surface area contributed by atoms with Gasteiger partial charge in [0.1, 0.15) is 6.54 Å². The fraction of sp³-hybridized carbons (Fsp3) is 0.526. The third-order valence-electron chi connectivity index (χ3n) is 4.79. The van der Waals surface area contributed by atoms with Crippen molar-refractivity contribution in [1.82, 2.24) is 9.80 Å². The summed E-state index contributed by atoms with van der Waals surface area (Å²) in [5.41, 5.74) is 0.611. The summed E-state index contributed by atoms with van der Waals surface area (Å²) in [5, 5.41) is 9.11. The molecule has 136 valence electrons. The maximum Gasteiger partial charge on any atom is 0.323 e. The zero-order valence-electron chi connectivity index (χ0n) is 14.9. The monoisotopic (exact) mass is 346 g/mol. The zero-order chi connectivity index (χ0) is 18.4. The first-order chi connectivity index (χ1) is 11.9. The highest BCUT2D eigenvalue weighted by Crippen LogP contribution is 2.22. The quantitative estimate of drug-likeness (QED) is 0.857. The van der Waals surface area contributed by atoms with E-state index in [1.165, 1.54) is 4.90 Å². The number of likely N-dealkylation sites (tertiary alicyclic amines) is 1. The Morgan fingerprint density at radius 3 is 2.56 bits per heavy atom. The van der Waals surface area contributed by atoms with Crippen LogP contribution in [0.4, 0.5) is 0 Å². The number of rotatable bonds is 6. The number of benzene rings is 1. The van der Waals surface area contributed by atoms with Crippen molar-refractivity contribution in [3.8, 4) is 0 Å². The Hall–Kier alpha value is -2.37. The normalized spacial score (nSPS) is 18.5. The topological polar surface area (TPSA) is 77.9 Å². The summed E-state index contributed by atoms with van der Waals surface area (Å²) in [5.74, 6) is -1.59. The Morgan fingerprint density at radius 2 is 1.96 bits per heavy atom. The predicted octanol–water partition coefficient (Wildman–Crippen LogP) is 2.25. The maximum atomic E-state index is 12.9. The van der Waals surface area contributed by atoms with Crippen LogP contribution >= 0.6 is 0 Å². The molecule has 1 aliphatic heterocycles. The van der Waals surface area contributed by atoms with Crippen LogP contribution in [0.3, 0.4) is 0 Å². The summed E-state index contributed by atoms with van der Waals surface area (Å²) >= 11 is 0. The van der Waals surface area contributed by atoms with Gasteiger partial charge in [-0.1, -0.05) is 25.1 Å². The summed E-state index contributed by atoms with van der Waals surface area (Å²) in [6.45, 7) is 4.46. The van der Waals surface area contributed by atoms with E-state index in [2.05, 4.69) is 0 Å². The lowest BCUT2D eigenvalue weighted by Crippen LogP contribution is -2.50.